The fourth-order valence-electron chi connectivity index (χ4n) is 1.59. The van der Waals surface area contributed by atoms with Gasteiger partial charge in [-0.15, -0.1) is 0 Å². The molecule has 0 unspecified atom stereocenters. The van der Waals surface area contributed by atoms with Crippen molar-refractivity contribution < 1.29 is 9.52 Å². The molecule has 5 nitrogen and oxygen atoms in total. The van der Waals surface area contributed by atoms with Crippen molar-refractivity contribution in [2.75, 3.05) is 13.2 Å². The number of aliphatic hydroxyl groups excluding tert-OH is 1. The lowest BCUT2D eigenvalue weighted by atomic mass is 10.2. The smallest absolute Gasteiger partial charge is 0.187 e. The predicted molar refractivity (Wildman–Crippen MR) is 92.6 cm³/mol. The van der Waals surface area contributed by atoms with Crippen LogP contribution >= 0.6 is 35.4 Å². The quantitative estimate of drug-likeness (QED) is 0.435. The van der Waals surface area contributed by atoms with E-state index in [9.17, 15) is 0 Å². The molecule has 1 aromatic carbocycles. The average Bonchev–Trinajstić information content (AvgIpc) is 2.97. The molecule has 0 bridgehead atoms. The molecule has 0 atom stereocenters. The van der Waals surface area contributed by atoms with Gasteiger partial charge in [0.15, 0.2) is 5.11 Å². The van der Waals surface area contributed by atoms with Gasteiger partial charge in [0.1, 0.15) is 11.5 Å². The Bertz CT molecular complexity index is 688. The van der Waals surface area contributed by atoms with Gasteiger partial charge in [-0.2, -0.15) is 5.10 Å². The molecule has 0 fully saturated rings. The van der Waals surface area contributed by atoms with Crippen molar-refractivity contribution in [1.29, 1.82) is 0 Å². The van der Waals surface area contributed by atoms with Crippen molar-refractivity contribution in [2.45, 2.75) is 0 Å². The molecule has 1 heterocycles. The number of nitrogens with zero attached hydrogens (tertiary/aromatic N) is 1. The Balaban J connectivity index is 1.99. The number of rotatable bonds is 5. The minimum Gasteiger partial charge on any atom is -0.455 e. The van der Waals surface area contributed by atoms with Crippen molar-refractivity contribution in [3.8, 4) is 11.3 Å². The summed E-state index contributed by atoms with van der Waals surface area (Å²) in [6, 6.07) is 8.84. The number of hydrazone groups is 1. The van der Waals surface area contributed by atoms with E-state index in [1.54, 1.807) is 18.2 Å². The maximum absolute atomic E-state index is 8.65. The zero-order valence-electron chi connectivity index (χ0n) is 11.3. The molecule has 0 aliphatic carbocycles. The molecule has 0 spiro atoms. The maximum Gasteiger partial charge on any atom is 0.187 e. The highest BCUT2D eigenvalue weighted by atomic mass is 35.5. The highest BCUT2D eigenvalue weighted by Crippen LogP contribution is 2.29. The lowest BCUT2D eigenvalue weighted by molar-refractivity contribution is 0.300. The molecule has 2 rings (SSSR count). The molecule has 1 aromatic heterocycles. The van der Waals surface area contributed by atoms with Gasteiger partial charge in [0.2, 0.25) is 0 Å². The average molecular weight is 358 g/mol. The van der Waals surface area contributed by atoms with Crippen LogP contribution in [0, 0.1) is 0 Å². The van der Waals surface area contributed by atoms with Gasteiger partial charge in [-0.1, -0.05) is 23.2 Å². The first kappa shape index (κ1) is 16.8. The van der Waals surface area contributed by atoms with Gasteiger partial charge in [-0.25, -0.2) is 0 Å². The highest BCUT2D eigenvalue weighted by molar-refractivity contribution is 7.80. The predicted octanol–water partition coefficient (Wildman–Crippen LogP) is 3.04. The molecule has 0 radical (unpaired) electrons. The topological polar surface area (TPSA) is 69.8 Å². The van der Waals surface area contributed by atoms with Crippen LogP contribution in [0.4, 0.5) is 0 Å². The van der Waals surface area contributed by atoms with E-state index in [1.807, 2.05) is 12.1 Å². The second-order valence-corrected chi connectivity index (χ2v) is 5.40. The third-order valence-corrected chi connectivity index (χ3v) is 3.56. The molecule has 0 aliphatic heterocycles. The van der Waals surface area contributed by atoms with E-state index in [1.165, 1.54) is 6.21 Å². The monoisotopic (exact) mass is 357 g/mol. The van der Waals surface area contributed by atoms with Crippen molar-refractivity contribution in [2.24, 2.45) is 5.10 Å². The van der Waals surface area contributed by atoms with Crippen LogP contribution < -0.4 is 10.7 Å². The molecule has 0 aliphatic rings. The van der Waals surface area contributed by atoms with Gasteiger partial charge in [-0.3, -0.25) is 5.43 Å². The fraction of sp³-hybridized carbons (Fsp3) is 0.143. The van der Waals surface area contributed by atoms with Crippen LogP contribution in [0.15, 0.2) is 39.9 Å². The van der Waals surface area contributed by atoms with E-state index in [-0.39, 0.29) is 6.61 Å². The Morgan fingerprint density at radius 1 is 1.27 bits per heavy atom. The molecule has 0 saturated heterocycles. The lowest BCUT2D eigenvalue weighted by Gasteiger charge is -2.03. The Morgan fingerprint density at radius 3 is 2.82 bits per heavy atom. The first-order valence-electron chi connectivity index (χ1n) is 6.33. The SMILES string of the molecule is OCCNC(=S)NN=Cc1ccc(-c2ccc(Cl)c(Cl)c2)o1. The van der Waals surface area contributed by atoms with Crippen molar-refractivity contribution >= 4 is 46.7 Å². The standard InChI is InChI=1S/C14H13Cl2N3O2S/c15-11-3-1-9(7-12(11)16)13-4-2-10(21-13)8-18-19-14(22)17-5-6-20/h1-4,7-8,20H,5-6H2,(H2,17,19,22). The Kier molecular flexibility index (Phi) is 6.21. The number of hydrogen-bond acceptors (Lipinski definition) is 4. The number of aliphatic hydroxyl groups is 1. The van der Waals surface area contributed by atoms with Crippen LogP contribution in [0.25, 0.3) is 11.3 Å². The van der Waals surface area contributed by atoms with Crippen molar-refractivity contribution in [3.63, 3.8) is 0 Å². The van der Waals surface area contributed by atoms with E-state index in [0.29, 0.717) is 33.2 Å². The van der Waals surface area contributed by atoms with Gasteiger partial charge < -0.3 is 14.8 Å². The van der Waals surface area contributed by atoms with Crippen molar-refractivity contribution in [1.82, 2.24) is 10.7 Å². The van der Waals surface area contributed by atoms with Crippen LogP contribution in [0.5, 0.6) is 0 Å². The third-order valence-electron chi connectivity index (χ3n) is 2.59. The summed E-state index contributed by atoms with van der Waals surface area (Å²) in [7, 11) is 0. The first-order chi connectivity index (χ1) is 10.6. The van der Waals surface area contributed by atoms with Crippen LogP contribution in [0.2, 0.25) is 10.0 Å². The summed E-state index contributed by atoms with van der Waals surface area (Å²) in [5, 5.41) is 16.6. The number of hydrogen-bond donors (Lipinski definition) is 3. The lowest BCUT2D eigenvalue weighted by Crippen LogP contribution is -2.33. The fourth-order valence-corrected chi connectivity index (χ4v) is 2.04. The molecule has 0 saturated carbocycles. The Hall–Kier alpha value is -1.60. The molecule has 3 N–H and O–H groups in total. The van der Waals surface area contributed by atoms with Gasteiger partial charge in [0.05, 0.1) is 22.9 Å². The van der Waals surface area contributed by atoms with Crippen LogP contribution in [0.1, 0.15) is 5.76 Å². The van der Waals surface area contributed by atoms with Gasteiger partial charge in [-0.05, 0) is 42.5 Å². The van der Waals surface area contributed by atoms with Crippen LogP contribution in [-0.2, 0) is 0 Å². The minimum absolute atomic E-state index is 0.00324. The maximum atomic E-state index is 8.65. The zero-order valence-corrected chi connectivity index (χ0v) is 13.7. The van der Waals surface area contributed by atoms with E-state index in [2.05, 4.69) is 15.8 Å². The summed E-state index contributed by atoms with van der Waals surface area (Å²) in [6.07, 6.45) is 1.49. The van der Waals surface area contributed by atoms with Crippen LogP contribution in [0.3, 0.4) is 0 Å². The number of halogens is 2. The Labute approximate surface area is 142 Å². The van der Waals surface area contributed by atoms with Gasteiger partial charge >= 0.3 is 0 Å². The van der Waals surface area contributed by atoms with E-state index >= 15 is 0 Å². The van der Waals surface area contributed by atoms with Gasteiger partial charge in [0, 0.05) is 12.1 Å². The summed E-state index contributed by atoms with van der Waals surface area (Å²) >= 11 is 16.8. The molecule has 0 amide bonds. The van der Waals surface area contributed by atoms with Gasteiger partial charge in [0.25, 0.3) is 0 Å². The summed E-state index contributed by atoms with van der Waals surface area (Å²) in [5.41, 5.74) is 3.43. The molecular formula is C14H13Cl2N3O2S. The first-order valence-corrected chi connectivity index (χ1v) is 7.49. The number of thiocarbonyl (C=S) groups is 1. The summed E-state index contributed by atoms with van der Waals surface area (Å²) in [6.45, 7) is 0.361. The minimum atomic E-state index is -0.00324. The zero-order chi connectivity index (χ0) is 15.9. The summed E-state index contributed by atoms with van der Waals surface area (Å²) in [5.74, 6) is 1.21. The molecule has 8 heteroatoms. The summed E-state index contributed by atoms with van der Waals surface area (Å²) in [4.78, 5) is 0. The number of furan rings is 1. The second kappa shape index (κ2) is 8.14. The third kappa shape index (κ3) is 4.71. The molecule has 22 heavy (non-hydrogen) atoms. The normalized spacial score (nSPS) is 10.9. The molecule has 116 valence electrons. The Morgan fingerprint density at radius 2 is 2.09 bits per heavy atom. The number of nitrogens with one attached hydrogen (secondary N) is 2. The highest BCUT2D eigenvalue weighted by Gasteiger charge is 2.06. The van der Waals surface area contributed by atoms with E-state index in [0.717, 1.165) is 5.56 Å². The second-order valence-electron chi connectivity index (χ2n) is 4.18. The molecular weight excluding hydrogens is 345 g/mol. The van der Waals surface area contributed by atoms with Crippen molar-refractivity contribution in [3.05, 3.63) is 46.1 Å². The largest absolute Gasteiger partial charge is 0.455 e. The summed E-state index contributed by atoms with van der Waals surface area (Å²) < 4.78 is 5.63. The molecule has 2 aromatic rings. The van der Waals surface area contributed by atoms with E-state index < -0.39 is 0 Å². The number of benzene rings is 1. The van der Waals surface area contributed by atoms with Crippen LogP contribution in [-0.4, -0.2) is 29.6 Å². The van der Waals surface area contributed by atoms with E-state index in [4.69, 9.17) is 44.9 Å².